The van der Waals surface area contributed by atoms with Gasteiger partial charge in [-0.3, -0.25) is 14.5 Å². The number of imidazole rings is 1. The van der Waals surface area contributed by atoms with Crippen molar-refractivity contribution in [1.82, 2.24) is 24.6 Å². The third-order valence-electron chi connectivity index (χ3n) is 6.92. The number of H-pyrrole nitrogens is 1. The highest BCUT2D eigenvalue weighted by molar-refractivity contribution is 6.30. The van der Waals surface area contributed by atoms with E-state index in [2.05, 4.69) is 32.8 Å². The quantitative estimate of drug-likeness (QED) is 0.259. The van der Waals surface area contributed by atoms with Gasteiger partial charge in [-0.25, -0.2) is 4.98 Å². The molecular weight excluding hydrogens is 498 g/mol. The van der Waals surface area contributed by atoms with Crippen LogP contribution in [0.15, 0.2) is 78.9 Å². The minimum Gasteiger partial charge on any atom is -0.382 e. The molecule has 1 aliphatic rings. The molecule has 38 heavy (non-hydrogen) atoms. The lowest BCUT2D eigenvalue weighted by atomic mass is 10.0. The van der Waals surface area contributed by atoms with Crippen molar-refractivity contribution in [3.63, 3.8) is 0 Å². The van der Waals surface area contributed by atoms with Crippen molar-refractivity contribution in [2.24, 2.45) is 0 Å². The summed E-state index contributed by atoms with van der Waals surface area (Å²) in [5, 5.41) is 14.5. The van der Waals surface area contributed by atoms with Crippen molar-refractivity contribution in [1.29, 1.82) is 0 Å². The molecule has 1 saturated heterocycles. The van der Waals surface area contributed by atoms with Crippen LogP contribution in [0.2, 0.25) is 5.02 Å². The Morgan fingerprint density at radius 3 is 2.58 bits per heavy atom. The molecule has 1 aliphatic heterocycles. The zero-order valence-corrected chi connectivity index (χ0v) is 21.7. The van der Waals surface area contributed by atoms with Gasteiger partial charge in [0.2, 0.25) is 0 Å². The normalized spacial score (nSPS) is 14.6. The number of fused-ring (bicyclic) bond motifs is 1. The zero-order valence-electron chi connectivity index (χ0n) is 21.0. The number of nitrogens with one attached hydrogen (secondary N) is 3. The Morgan fingerprint density at radius 1 is 1.00 bits per heavy atom. The second-order valence-electron chi connectivity index (χ2n) is 9.66. The lowest BCUT2D eigenvalue weighted by molar-refractivity contribution is 0.102. The van der Waals surface area contributed by atoms with Gasteiger partial charge in [0.15, 0.2) is 5.82 Å². The van der Waals surface area contributed by atoms with Crippen LogP contribution in [0.4, 0.5) is 11.5 Å². The maximum absolute atomic E-state index is 12.9. The summed E-state index contributed by atoms with van der Waals surface area (Å²) in [6.07, 6.45) is 2.23. The maximum atomic E-state index is 12.9. The van der Waals surface area contributed by atoms with E-state index < -0.39 is 0 Å². The Balaban J connectivity index is 1.20. The first-order valence-electron chi connectivity index (χ1n) is 12.7. The molecule has 8 nitrogen and oxygen atoms in total. The van der Waals surface area contributed by atoms with Gasteiger partial charge in [-0.2, -0.15) is 5.10 Å². The van der Waals surface area contributed by atoms with Crippen LogP contribution in [-0.4, -0.2) is 56.7 Å². The molecular formula is C29H28ClN7O. The molecule has 3 N–H and O–H groups in total. The molecule has 1 amide bonds. The second-order valence-corrected chi connectivity index (χ2v) is 10.1. The van der Waals surface area contributed by atoms with E-state index in [4.69, 9.17) is 16.6 Å². The van der Waals surface area contributed by atoms with Crippen LogP contribution in [0.3, 0.4) is 0 Å². The Labute approximate surface area is 225 Å². The molecule has 5 aromatic rings. The van der Waals surface area contributed by atoms with E-state index >= 15 is 0 Å². The summed E-state index contributed by atoms with van der Waals surface area (Å²) in [6.45, 7) is 2.19. The van der Waals surface area contributed by atoms with Crippen molar-refractivity contribution < 1.29 is 4.79 Å². The summed E-state index contributed by atoms with van der Waals surface area (Å²) in [4.78, 5) is 20.1. The summed E-state index contributed by atoms with van der Waals surface area (Å²) < 4.78 is 2.01. The molecule has 1 fully saturated rings. The van der Waals surface area contributed by atoms with Gasteiger partial charge in [-0.05, 0) is 87.6 Å². The summed E-state index contributed by atoms with van der Waals surface area (Å²) in [7, 11) is 2.15. The molecule has 9 heteroatoms. The average molecular weight is 526 g/mol. The molecule has 0 bridgehead atoms. The van der Waals surface area contributed by atoms with E-state index in [-0.39, 0.29) is 5.91 Å². The Kier molecular flexibility index (Phi) is 6.57. The molecule has 3 aromatic carbocycles. The minimum absolute atomic E-state index is 0.214. The first-order valence-corrected chi connectivity index (χ1v) is 13.1. The van der Waals surface area contributed by atoms with Gasteiger partial charge in [0.05, 0.1) is 11.0 Å². The maximum Gasteiger partial charge on any atom is 0.256 e. The van der Waals surface area contributed by atoms with Crippen LogP contribution in [0, 0.1) is 0 Å². The molecule has 0 saturated carbocycles. The molecule has 0 aliphatic carbocycles. The fourth-order valence-electron chi connectivity index (χ4n) is 4.88. The number of aromatic nitrogens is 4. The number of halogens is 1. The third-order valence-corrected chi connectivity index (χ3v) is 7.15. The summed E-state index contributed by atoms with van der Waals surface area (Å²) >= 11 is 6.29. The number of anilines is 2. The van der Waals surface area contributed by atoms with Crippen LogP contribution in [0.1, 0.15) is 23.2 Å². The molecule has 0 radical (unpaired) electrons. The second kappa shape index (κ2) is 10.3. The summed E-state index contributed by atoms with van der Waals surface area (Å²) in [6, 6.07) is 25.3. The van der Waals surface area contributed by atoms with Crippen molar-refractivity contribution in [3.8, 4) is 17.2 Å². The lowest BCUT2D eigenvalue weighted by Crippen LogP contribution is -2.36. The molecule has 0 atom stereocenters. The smallest absolute Gasteiger partial charge is 0.256 e. The average Bonchev–Trinajstić information content (AvgIpc) is 3.55. The molecule has 0 spiro atoms. The number of likely N-dealkylation sites (tertiary alicyclic amines) is 1. The Morgan fingerprint density at radius 2 is 1.79 bits per heavy atom. The number of hydrogen-bond acceptors (Lipinski definition) is 5. The highest BCUT2D eigenvalue weighted by Crippen LogP contribution is 2.29. The summed E-state index contributed by atoms with van der Waals surface area (Å²) in [5.74, 6) is 0.923. The van der Waals surface area contributed by atoms with E-state index in [1.54, 1.807) is 6.07 Å². The van der Waals surface area contributed by atoms with Gasteiger partial charge in [-0.15, -0.1) is 0 Å². The number of benzene rings is 3. The van der Waals surface area contributed by atoms with Crippen LogP contribution in [0.25, 0.3) is 28.2 Å². The first kappa shape index (κ1) is 24.2. The number of carbonyl (C=O) groups is 1. The summed E-state index contributed by atoms with van der Waals surface area (Å²) in [5.41, 5.74) is 4.86. The standard InChI is InChI=1S/C29H28ClN7O/c1-36-15-13-22(14-16-36)31-21-11-9-19(10-12-21)29(38)33-27-18-25(34-35-27)28-32-24-7-2-3-8-26(24)37(28)23-6-4-5-20(30)17-23/h2-12,17-18,22,31H,13-16H2,1H3,(H2,33,34,35,38). The molecule has 2 aromatic heterocycles. The van der Waals surface area contributed by atoms with E-state index in [1.165, 1.54) is 0 Å². The van der Waals surface area contributed by atoms with Crippen molar-refractivity contribution in [2.45, 2.75) is 18.9 Å². The van der Waals surface area contributed by atoms with E-state index in [0.29, 0.717) is 34.0 Å². The fraction of sp³-hybridized carbons (Fsp3) is 0.207. The van der Waals surface area contributed by atoms with Crippen molar-refractivity contribution in [2.75, 3.05) is 30.8 Å². The van der Waals surface area contributed by atoms with E-state index in [9.17, 15) is 4.79 Å². The van der Waals surface area contributed by atoms with Crippen LogP contribution in [-0.2, 0) is 0 Å². The molecule has 3 heterocycles. The van der Waals surface area contributed by atoms with Crippen LogP contribution < -0.4 is 10.6 Å². The van der Waals surface area contributed by atoms with Gasteiger partial charge < -0.3 is 15.5 Å². The van der Waals surface area contributed by atoms with Gasteiger partial charge in [0, 0.05) is 34.1 Å². The number of para-hydroxylation sites is 2. The van der Waals surface area contributed by atoms with Gasteiger partial charge >= 0.3 is 0 Å². The van der Waals surface area contributed by atoms with Gasteiger partial charge in [0.1, 0.15) is 11.5 Å². The highest BCUT2D eigenvalue weighted by Gasteiger charge is 2.19. The Bertz CT molecular complexity index is 1580. The molecule has 6 rings (SSSR count). The topological polar surface area (TPSA) is 90.9 Å². The lowest BCUT2D eigenvalue weighted by Gasteiger charge is -2.30. The predicted molar refractivity (Wildman–Crippen MR) is 152 cm³/mol. The van der Waals surface area contributed by atoms with Crippen molar-refractivity contribution >= 4 is 40.0 Å². The number of nitrogens with zero attached hydrogens (tertiary/aromatic N) is 4. The van der Waals surface area contributed by atoms with Crippen LogP contribution >= 0.6 is 11.6 Å². The van der Waals surface area contributed by atoms with E-state index in [1.807, 2.05) is 77.4 Å². The number of piperidine rings is 1. The minimum atomic E-state index is -0.214. The van der Waals surface area contributed by atoms with Crippen molar-refractivity contribution in [3.05, 3.63) is 89.4 Å². The zero-order chi connectivity index (χ0) is 26.1. The monoisotopic (exact) mass is 525 g/mol. The number of rotatable bonds is 6. The Hall–Kier alpha value is -4.14. The van der Waals surface area contributed by atoms with Gasteiger partial charge in [0.25, 0.3) is 5.91 Å². The van der Waals surface area contributed by atoms with Gasteiger partial charge in [-0.1, -0.05) is 29.8 Å². The number of carbonyl (C=O) groups excluding carboxylic acids is 1. The fourth-order valence-corrected chi connectivity index (χ4v) is 5.06. The molecule has 0 unspecified atom stereocenters. The largest absolute Gasteiger partial charge is 0.382 e. The van der Waals surface area contributed by atoms with E-state index in [0.717, 1.165) is 48.3 Å². The third kappa shape index (κ3) is 5.01. The highest BCUT2D eigenvalue weighted by atomic mass is 35.5. The number of hydrogen-bond donors (Lipinski definition) is 3. The number of aromatic amines is 1. The SMILES string of the molecule is CN1CCC(Nc2ccc(C(=O)Nc3cc(-c4nc5ccccc5n4-c4cccc(Cl)c4)n[nH]3)cc2)CC1. The predicted octanol–water partition coefficient (Wildman–Crippen LogP) is 5.83. The number of amides is 1. The molecule has 192 valence electrons. The van der Waals surface area contributed by atoms with Crippen LogP contribution in [0.5, 0.6) is 0 Å². The first-order chi connectivity index (χ1) is 18.5.